The van der Waals surface area contributed by atoms with Crippen molar-refractivity contribution in [2.24, 2.45) is 0 Å². The highest BCUT2D eigenvalue weighted by molar-refractivity contribution is 7.89. The van der Waals surface area contributed by atoms with Crippen LogP contribution >= 0.6 is 0 Å². The molecule has 1 amide bonds. The maximum absolute atomic E-state index is 13.3. The van der Waals surface area contributed by atoms with Crippen LogP contribution in [0.4, 0.5) is 0 Å². The van der Waals surface area contributed by atoms with E-state index in [0.29, 0.717) is 11.5 Å². The second-order valence-electron chi connectivity index (χ2n) is 9.42. The van der Waals surface area contributed by atoms with Crippen LogP contribution in [0.15, 0.2) is 83.5 Å². The number of ketones is 1. The number of aromatic nitrogens is 1. The summed E-state index contributed by atoms with van der Waals surface area (Å²) < 4.78 is 26.0. The molecule has 1 aliphatic rings. The lowest BCUT2D eigenvalue weighted by Crippen LogP contribution is -2.29. The maximum Gasteiger partial charge on any atom is 0.295 e. The van der Waals surface area contributed by atoms with E-state index in [2.05, 4.69) is 18.8 Å². The predicted molar refractivity (Wildman–Crippen MR) is 140 cm³/mol. The molecule has 4 rings (SSSR count). The minimum Gasteiger partial charge on any atom is -0.507 e. The molecule has 1 aromatic heterocycles. The van der Waals surface area contributed by atoms with Gasteiger partial charge in [0, 0.05) is 38.6 Å². The number of rotatable bonds is 7. The molecule has 3 aromatic rings. The molecule has 0 spiro atoms. The summed E-state index contributed by atoms with van der Waals surface area (Å²) in [6.45, 7) is 4.28. The molecule has 0 unspecified atom stereocenters. The first-order valence-electron chi connectivity index (χ1n) is 11.8. The summed E-state index contributed by atoms with van der Waals surface area (Å²) in [4.78, 5) is 32.1. The van der Waals surface area contributed by atoms with Crippen molar-refractivity contribution in [2.75, 3.05) is 14.1 Å². The van der Waals surface area contributed by atoms with Crippen LogP contribution < -0.4 is 0 Å². The molecule has 2 aromatic carbocycles. The molecule has 0 radical (unpaired) electrons. The first-order chi connectivity index (χ1) is 17.5. The molecule has 8 nitrogen and oxygen atoms in total. The number of nitrogens with zero attached hydrogens (tertiary/aromatic N) is 3. The SMILES string of the molecule is CC(C)c1ccc([C@@H]2C(=C(O)c3ccc(S(=O)(=O)N(C)C)cc3)C(=O)C(=O)N2Cc2cccnc2)cc1. The Balaban J connectivity index is 1.83. The summed E-state index contributed by atoms with van der Waals surface area (Å²) >= 11 is 0. The maximum atomic E-state index is 13.3. The number of hydrogen-bond acceptors (Lipinski definition) is 6. The van der Waals surface area contributed by atoms with Crippen LogP contribution in [-0.4, -0.2) is 53.5 Å². The zero-order valence-corrected chi connectivity index (χ0v) is 21.9. The number of carbonyl (C=O) groups excluding carboxylic acids is 2. The zero-order chi connectivity index (χ0) is 26.9. The molecule has 37 heavy (non-hydrogen) atoms. The molecular formula is C28H29N3O5S. The van der Waals surface area contributed by atoms with Crippen molar-refractivity contribution in [2.45, 2.75) is 37.2 Å². The topological polar surface area (TPSA) is 108 Å². The van der Waals surface area contributed by atoms with Crippen LogP contribution in [0.2, 0.25) is 0 Å². The number of amides is 1. The Kier molecular flexibility index (Phi) is 7.29. The second-order valence-corrected chi connectivity index (χ2v) is 11.6. The van der Waals surface area contributed by atoms with Gasteiger partial charge in [-0.25, -0.2) is 12.7 Å². The Hall–Kier alpha value is -3.82. The van der Waals surface area contributed by atoms with Crippen molar-refractivity contribution in [3.8, 4) is 0 Å². The van der Waals surface area contributed by atoms with E-state index in [4.69, 9.17) is 0 Å². The van der Waals surface area contributed by atoms with E-state index in [1.165, 1.54) is 43.3 Å². The lowest BCUT2D eigenvalue weighted by molar-refractivity contribution is -0.140. The highest BCUT2D eigenvalue weighted by Crippen LogP contribution is 2.40. The van der Waals surface area contributed by atoms with Crippen LogP contribution in [-0.2, 0) is 26.2 Å². The van der Waals surface area contributed by atoms with Crippen LogP contribution in [0.25, 0.3) is 5.76 Å². The molecule has 1 N–H and O–H groups in total. The van der Waals surface area contributed by atoms with Crippen molar-refractivity contribution in [1.82, 2.24) is 14.2 Å². The number of Topliss-reactive ketones (excluding diaryl/α,β-unsaturated/α-hetero) is 1. The van der Waals surface area contributed by atoms with E-state index < -0.39 is 27.8 Å². The summed E-state index contributed by atoms with van der Waals surface area (Å²) in [5, 5.41) is 11.3. The molecule has 0 saturated carbocycles. The molecule has 0 aliphatic carbocycles. The monoisotopic (exact) mass is 519 g/mol. The van der Waals surface area contributed by atoms with Gasteiger partial charge in [0.2, 0.25) is 10.0 Å². The minimum atomic E-state index is -3.67. The quantitative estimate of drug-likeness (QED) is 0.286. The van der Waals surface area contributed by atoms with Gasteiger partial charge in [-0.2, -0.15) is 0 Å². The fraction of sp³-hybridized carbons (Fsp3) is 0.250. The van der Waals surface area contributed by atoms with Gasteiger partial charge in [0.15, 0.2) is 0 Å². The number of aliphatic hydroxyl groups is 1. The van der Waals surface area contributed by atoms with Gasteiger partial charge in [-0.1, -0.05) is 44.2 Å². The largest absolute Gasteiger partial charge is 0.507 e. The Labute approximate surface area is 216 Å². The molecule has 1 fully saturated rings. The van der Waals surface area contributed by atoms with Crippen LogP contribution in [0.5, 0.6) is 0 Å². The molecule has 2 heterocycles. The normalized spacial score (nSPS) is 17.7. The van der Waals surface area contributed by atoms with Gasteiger partial charge in [0.25, 0.3) is 11.7 Å². The van der Waals surface area contributed by atoms with Crippen LogP contribution in [0, 0.1) is 0 Å². The fourth-order valence-corrected chi connectivity index (χ4v) is 5.19. The lowest BCUT2D eigenvalue weighted by atomic mass is 9.93. The second kappa shape index (κ2) is 10.3. The Morgan fingerprint density at radius 2 is 1.68 bits per heavy atom. The standard InChI is InChI=1S/C28H29N3O5S/c1-18(2)20-7-9-21(10-8-20)25-24(27(33)28(34)31(25)17-19-6-5-15-29-16-19)26(32)22-11-13-23(14-12-22)37(35,36)30(3)4/h5-16,18,25,32H,17H2,1-4H3/t25-/m1/s1. The zero-order valence-electron chi connectivity index (χ0n) is 21.1. The smallest absolute Gasteiger partial charge is 0.295 e. The first-order valence-corrected chi connectivity index (χ1v) is 13.3. The number of benzene rings is 2. The van der Waals surface area contributed by atoms with Gasteiger partial charge in [-0.3, -0.25) is 14.6 Å². The van der Waals surface area contributed by atoms with Gasteiger partial charge in [-0.05, 0) is 52.9 Å². The molecule has 192 valence electrons. The van der Waals surface area contributed by atoms with E-state index in [1.54, 1.807) is 18.5 Å². The average molecular weight is 520 g/mol. The van der Waals surface area contributed by atoms with E-state index >= 15 is 0 Å². The van der Waals surface area contributed by atoms with Crippen molar-refractivity contribution in [3.05, 3.63) is 101 Å². The predicted octanol–water partition coefficient (Wildman–Crippen LogP) is 4.08. The third-order valence-electron chi connectivity index (χ3n) is 6.44. The van der Waals surface area contributed by atoms with E-state index in [9.17, 15) is 23.1 Å². The molecule has 1 aliphatic heterocycles. The molecule has 9 heteroatoms. The summed E-state index contributed by atoms with van der Waals surface area (Å²) in [5.74, 6) is -1.59. The number of carbonyl (C=O) groups is 2. The van der Waals surface area contributed by atoms with Crippen LogP contribution in [0.3, 0.4) is 0 Å². The third-order valence-corrected chi connectivity index (χ3v) is 8.27. The number of aliphatic hydroxyl groups excluding tert-OH is 1. The molecule has 1 atom stereocenters. The van der Waals surface area contributed by atoms with E-state index in [1.807, 2.05) is 30.3 Å². The number of pyridine rings is 1. The average Bonchev–Trinajstić information content (AvgIpc) is 3.13. The summed E-state index contributed by atoms with van der Waals surface area (Å²) in [5.41, 5.74) is 2.72. The van der Waals surface area contributed by atoms with Crippen molar-refractivity contribution in [1.29, 1.82) is 0 Å². The minimum absolute atomic E-state index is 0.0468. The van der Waals surface area contributed by atoms with Crippen LogP contribution in [0.1, 0.15) is 48.1 Å². The van der Waals surface area contributed by atoms with Gasteiger partial charge in [0.1, 0.15) is 5.76 Å². The van der Waals surface area contributed by atoms with E-state index in [-0.39, 0.29) is 28.3 Å². The van der Waals surface area contributed by atoms with Gasteiger partial charge in [-0.15, -0.1) is 0 Å². The fourth-order valence-electron chi connectivity index (χ4n) is 4.29. The molecule has 0 bridgehead atoms. The van der Waals surface area contributed by atoms with E-state index in [0.717, 1.165) is 15.4 Å². The van der Waals surface area contributed by atoms with Gasteiger partial charge >= 0.3 is 0 Å². The van der Waals surface area contributed by atoms with Crippen molar-refractivity contribution >= 4 is 27.5 Å². The lowest BCUT2D eigenvalue weighted by Gasteiger charge is -2.25. The number of hydrogen-bond donors (Lipinski definition) is 1. The number of sulfonamides is 1. The van der Waals surface area contributed by atoms with Gasteiger partial charge < -0.3 is 10.0 Å². The first kappa shape index (κ1) is 26.2. The summed E-state index contributed by atoms with van der Waals surface area (Å²) in [6, 6.07) is 16.0. The Morgan fingerprint density at radius 3 is 2.22 bits per heavy atom. The Bertz CT molecular complexity index is 1450. The van der Waals surface area contributed by atoms with Crippen molar-refractivity contribution in [3.63, 3.8) is 0 Å². The highest BCUT2D eigenvalue weighted by Gasteiger charge is 2.46. The molecular weight excluding hydrogens is 490 g/mol. The third kappa shape index (κ3) is 5.05. The highest BCUT2D eigenvalue weighted by atomic mass is 32.2. The Morgan fingerprint density at radius 1 is 1.03 bits per heavy atom. The summed E-state index contributed by atoms with van der Waals surface area (Å²) in [6.07, 6.45) is 3.25. The number of likely N-dealkylation sites (tertiary alicyclic amines) is 1. The summed E-state index contributed by atoms with van der Waals surface area (Å²) in [7, 11) is -0.810. The molecule has 1 saturated heterocycles. The van der Waals surface area contributed by atoms with Crippen molar-refractivity contribution < 1.29 is 23.1 Å². The van der Waals surface area contributed by atoms with Gasteiger partial charge in [0.05, 0.1) is 16.5 Å².